The van der Waals surface area contributed by atoms with Gasteiger partial charge in [-0.3, -0.25) is 4.79 Å². The molecule has 0 aromatic heterocycles. The SMILES string of the molecule is CCc1cccc(NC(=O)[C@@H]2CCCN(C3=NS(=O)(=O)c4ccccc43)C2)c1. The Hall–Kier alpha value is -2.67. The van der Waals surface area contributed by atoms with Crippen LogP contribution in [-0.4, -0.2) is 38.2 Å². The fourth-order valence-corrected chi connectivity index (χ4v) is 5.04. The van der Waals surface area contributed by atoms with Crippen LogP contribution in [0.4, 0.5) is 5.69 Å². The zero-order chi connectivity index (χ0) is 19.7. The third-order valence-electron chi connectivity index (χ3n) is 5.31. The maximum absolute atomic E-state index is 12.8. The van der Waals surface area contributed by atoms with Crippen LogP contribution in [0, 0.1) is 5.92 Å². The van der Waals surface area contributed by atoms with E-state index in [0.29, 0.717) is 24.5 Å². The van der Waals surface area contributed by atoms with E-state index in [-0.39, 0.29) is 16.7 Å². The number of nitrogens with one attached hydrogen (secondary N) is 1. The largest absolute Gasteiger partial charge is 0.355 e. The van der Waals surface area contributed by atoms with E-state index in [1.54, 1.807) is 18.2 Å². The average Bonchev–Trinajstić information content (AvgIpc) is 2.99. The summed E-state index contributed by atoms with van der Waals surface area (Å²) in [5, 5.41) is 3.01. The van der Waals surface area contributed by atoms with Gasteiger partial charge in [-0.05, 0) is 49.1 Å². The van der Waals surface area contributed by atoms with Crippen LogP contribution in [-0.2, 0) is 21.2 Å². The summed E-state index contributed by atoms with van der Waals surface area (Å²) in [6.45, 7) is 3.23. The fraction of sp³-hybridized carbons (Fsp3) is 0.333. The lowest BCUT2D eigenvalue weighted by molar-refractivity contribution is -0.121. The molecule has 146 valence electrons. The van der Waals surface area contributed by atoms with Crippen molar-refractivity contribution in [3.63, 3.8) is 0 Å². The topological polar surface area (TPSA) is 78.8 Å². The predicted molar refractivity (Wildman–Crippen MR) is 109 cm³/mol. The normalized spacial score (nSPS) is 20.4. The van der Waals surface area contributed by atoms with Crippen LogP contribution in [0.5, 0.6) is 0 Å². The maximum Gasteiger partial charge on any atom is 0.285 e. The number of fused-ring (bicyclic) bond motifs is 1. The van der Waals surface area contributed by atoms with E-state index in [9.17, 15) is 13.2 Å². The molecule has 0 radical (unpaired) electrons. The molecule has 2 aromatic carbocycles. The van der Waals surface area contributed by atoms with Gasteiger partial charge in [0.25, 0.3) is 10.0 Å². The highest BCUT2D eigenvalue weighted by Crippen LogP contribution is 2.30. The summed E-state index contributed by atoms with van der Waals surface area (Å²) in [6.07, 6.45) is 2.50. The smallest absolute Gasteiger partial charge is 0.285 e. The standard InChI is InChI=1S/C21H23N3O3S/c1-2-15-7-5-9-17(13-15)22-21(25)16-8-6-12-24(14-16)20-18-10-3-4-11-19(18)28(26,27)23-20/h3-5,7,9-11,13,16H,2,6,8,12,14H2,1H3,(H,22,25)/t16-/m1/s1. The second kappa shape index (κ2) is 7.39. The maximum atomic E-state index is 12.8. The Kier molecular flexibility index (Phi) is 4.93. The van der Waals surface area contributed by atoms with E-state index in [2.05, 4.69) is 16.6 Å². The molecule has 7 heteroatoms. The molecule has 1 N–H and O–H groups in total. The molecule has 28 heavy (non-hydrogen) atoms. The van der Waals surface area contributed by atoms with Gasteiger partial charge in [0.1, 0.15) is 4.90 Å². The van der Waals surface area contributed by atoms with Crippen LogP contribution in [0.3, 0.4) is 0 Å². The van der Waals surface area contributed by atoms with E-state index in [0.717, 1.165) is 24.9 Å². The average molecular weight is 398 g/mol. The zero-order valence-electron chi connectivity index (χ0n) is 15.8. The number of rotatable bonds is 3. The van der Waals surface area contributed by atoms with Crippen LogP contribution >= 0.6 is 0 Å². The van der Waals surface area contributed by atoms with Crippen LogP contribution < -0.4 is 5.32 Å². The molecule has 6 nitrogen and oxygen atoms in total. The van der Waals surface area contributed by atoms with Crippen molar-refractivity contribution in [3.8, 4) is 0 Å². The third kappa shape index (κ3) is 3.54. The highest BCUT2D eigenvalue weighted by molar-refractivity contribution is 7.90. The van der Waals surface area contributed by atoms with Gasteiger partial charge in [-0.2, -0.15) is 8.42 Å². The van der Waals surface area contributed by atoms with Gasteiger partial charge in [-0.25, -0.2) is 0 Å². The number of piperidine rings is 1. The van der Waals surface area contributed by atoms with E-state index < -0.39 is 10.0 Å². The van der Waals surface area contributed by atoms with E-state index >= 15 is 0 Å². The van der Waals surface area contributed by atoms with Crippen LogP contribution in [0.1, 0.15) is 30.9 Å². The molecule has 2 aliphatic rings. The van der Waals surface area contributed by atoms with E-state index in [4.69, 9.17) is 0 Å². The molecule has 1 fully saturated rings. The van der Waals surface area contributed by atoms with Gasteiger partial charge >= 0.3 is 0 Å². The van der Waals surface area contributed by atoms with Gasteiger partial charge < -0.3 is 10.2 Å². The van der Waals surface area contributed by atoms with E-state index in [1.165, 1.54) is 5.56 Å². The number of aryl methyl sites for hydroxylation is 1. The molecule has 2 aliphatic heterocycles. The van der Waals surface area contributed by atoms with Crippen molar-refractivity contribution < 1.29 is 13.2 Å². The molecule has 0 aliphatic carbocycles. The zero-order valence-corrected chi connectivity index (χ0v) is 16.6. The first kappa shape index (κ1) is 18.7. The molecule has 1 saturated heterocycles. The van der Waals surface area contributed by atoms with E-state index in [1.807, 2.05) is 35.2 Å². The van der Waals surface area contributed by atoms with Gasteiger partial charge in [0, 0.05) is 24.3 Å². The summed E-state index contributed by atoms with van der Waals surface area (Å²) in [5.74, 6) is 0.214. The number of benzene rings is 2. The number of anilines is 1. The lowest BCUT2D eigenvalue weighted by Gasteiger charge is -2.33. The van der Waals surface area contributed by atoms with Crippen LogP contribution in [0.2, 0.25) is 0 Å². The molecular formula is C21H23N3O3S. The molecular weight excluding hydrogens is 374 g/mol. The molecule has 1 atom stereocenters. The summed E-state index contributed by atoms with van der Waals surface area (Å²) in [5.41, 5.74) is 2.59. The van der Waals surface area contributed by atoms with Crippen molar-refractivity contribution in [3.05, 3.63) is 59.7 Å². The number of hydrogen-bond acceptors (Lipinski definition) is 4. The quantitative estimate of drug-likeness (QED) is 0.863. The Morgan fingerprint density at radius 2 is 2.04 bits per heavy atom. The molecule has 0 saturated carbocycles. The minimum Gasteiger partial charge on any atom is -0.355 e. The Bertz CT molecular complexity index is 1050. The lowest BCUT2D eigenvalue weighted by atomic mass is 9.96. The molecule has 2 heterocycles. The highest BCUT2D eigenvalue weighted by atomic mass is 32.2. The monoisotopic (exact) mass is 397 g/mol. The van der Waals surface area contributed by atoms with Crippen molar-refractivity contribution >= 4 is 27.5 Å². The number of amides is 1. The first-order valence-electron chi connectivity index (χ1n) is 9.57. The molecule has 1 amide bonds. The van der Waals surface area contributed by atoms with Crippen molar-refractivity contribution in [2.45, 2.75) is 31.1 Å². The number of amidine groups is 1. The summed E-state index contributed by atoms with van der Waals surface area (Å²) in [7, 11) is -3.65. The highest BCUT2D eigenvalue weighted by Gasteiger charge is 2.35. The Labute approximate surface area is 165 Å². The number of sulfonamides is 1. The fourth-order valence-electron chi connectivity index (χ4n) is 3.81. The third-order valence-corrected chi connectivity index (χ3v) is 6.63. The molecule has 0 unspecified atom stereocenters. The molecule has 0 spiro atoms. The van der Waals surface area contributed by atoms with Gasteiger partial charge in [-0.1, -0.05) is 31.2 Å². The Morgan fingerprint density at radius 3 is 2.86 bits per heavy atom. The number of carbonyl (C=O) groups is 1. The van der Waals surface area contributed by atoms with Gasteiger partial charge in [0.2, 0.25) is 5.91 Å². The summed E-state index contributed by atoms with van der Waals surface area (Å²) >= 11 is 0. The first-order chi connectivity index (χ1) is 13.5. The van der Waals surface area contributed by atoms with Gasteiger partial charge in [0.15, 0.2) is 5.84 Å². The number of nitrogens with zero attached hydrogens (tertiary/aromatic N) is 2. The molecule has 4 rings (SSSR count). The lowest BCUT2D eigenvalue weighted by Crippen LogP contribution is -2.43. The van der Waals surface area contributed by atoms with Crippen LogP contribution in [0.25, 0.3) is 0 Å². The van der Waals surface area contributed by atoms with Crippen molar-refractivity contribution in [1.82, 2.24) is 4.90 Å². The van der Waals surface area contributed by atoms with Crippen LogP contribution in [0.15, 0.2) is 57.8 Å². The van der Waals surface area contributed by atoms with Crippen molar-refractivity contribution in [2.75, 3.05) is 18.4 Å². The Morgan fingerprint density at radius 1 is 1.21 bits per heavy atom. The van der Waals surface area contributed by atoms with Crippen molar-refractivity contribution in [1.29, 1.82) is 0 Å². The van der Waals surface area contributed by atoms with Crippen molar-refractivity contribution in [2.24, 2.45) is 10.3 Å². The molecule has 2 aromatic rings. The number of carbonyl (C=O) groups excluding carboxylic acids is 1. The second-order valence-electron chi connectivity index (χ2n) is 7.21. The number of likely N-dealkylation sites (tertiary alicyclic amines) is 1. The van der Waals surface area contributed by atoms with Gasteiger partial charge in [-0.15, -0.1) is 4.40 Å². The van der Waals surface area contributed by atoms with Gasteiger partial charge in [0.05, 0.1) is 5.92 Å². The summed E-state index contributed by atoms with van der Waals surface area (Å²) in [4.78, 5) is 15.0. The first-order valence-corrected chi connectivity index (χ1v) is 11.0. The minimum atomic E-state index is -3.65. The summed E-state index contributed by atoms with van der Waals surface area (Å²) in [6, 6.07) is 14.7. The Balaban J connectivity index is 1.51. The second-order valence-corrected chi connectivity index (χ2v) is 8.79. The number of hydrogen-bond donors (Lipinski definition) is 1. The minimum absolute atomic E-state index is 0.0345. The summed E-state index contributed by atoms with van der Waals surface area (Å²) < 4.78 is 28.7. The molecule has 0 bridgehead atoms. The predicted octanol–water partition coefficient (Wildman–Crippen LogP) is 3.05.